The largest absolute Gasteiger partial charge is 0.480 e. The number of aromatic nitrogens is 1. The maximum atomic E-state index is 10.8. The molecule has 0 radical (unpaired) electrons. The van der Waals surface area contributed by atoms with E-state index in [1.807, 2.05) is 0 Å². The highest BCUT2D eigenvalue weighted by atomic mass is 16.4. The second kappa shape index (κ2) is 3.93. The van der Waals surface area contributed by atoms with Gasteiger partial charge in [0.25, 0.3) is 0 Å². The summed E-state index contributed by atoms with van der Waals surface area (Å²) in [6.45, 7) is 1.67. The first-order valence-electron chi connectivity index (χ1n) is 5.04. The molecule has 0 bridgehead atoms. The first-order valence-corrected chi connectivity index (χ1v) is 5.04. The number of carbonyl (C=O) groups is 2. The Morgan fingerprint density at radius 3 is 2.53 bits per heavy atom. The first kappa shape index (κ1) is 11.2. The normalized spacial score (nSPS) is 10.6. The van der Waals surface area contributed by atoms with E-state index in [9.17, 15) is 9.59 Å². The van der Waals surface area contributed by atoms with Gasteiger partial charge in [-0.2, -0.15) is 0 Å². The van der Waals surface area contributed by atoms with Crippen LogP contribution in [0.15, 0.2) is 24.3 Å². The van der Waals surface area contributed by atoms with Crippen molar-refractivity contribution in [2.45, 2.75) is 13.5 Å². The minimum Gasteiger partial charge on any atom is -0.480 e. The van der Waals surface area contributed by atoms with E-state index in [0.717, 1.165) is 16.6 Å². The van der Waals surface area contributed by atoms with Crippen LogP contribution in [0.3, 0.4) is 0 Å². The van der Waals surface area contributed by atoms with Crippen molar-refractivity contribution in [3.05, 3.63) is 35.5 Å². The molecule has 1 heterocycles. The molecule has 0 amide bonds. The number of carboxylic acid groups (broad SMARTS) is 2. The molecule has 0 spiro atoms. The van der Waals surface area contributed by atoms with Gasteiger partial charge in [-0.3, -0.25) is 4.79 Å². The maximum absolute atomic E-state index is 10.8. The number of rotatable bonds is 3. The molecule has 17 heavy (non-hydrogen) atoms. The molecule has 0 saturated heterocycles. The van der Waals surface area contributed by atoms with Gasteiger partial charge in [0.2, 0.25) is 0 Å². The van der Waals surface area contributed by atoms with E-state index in [-0.39, 0.29) is 12.1 Å². The molecule has 88 valence electrons. The highest BCUT2D eigenvalue weighted by Gasteiger charge is 2.10. The Bertz CT molecular complexity index is 612. The Morgan fingerprint density at radius 1 is 1.24 bits per heavy atom. The molecule has 0 aliphatic heterocycles. The van der Waals surface area contributed by atoms with Crippen LogP contribution in [0.2, 0.25) is 0 Å². The van der Waals surface area contributed by atoms with E-state index >= 15 is 0 Å². The number of hydrogen-bond donors (Lipinski definition) is 2. The Hall–Kier alpha value is -2.30. The molecule has 5 heteroatoms. The first-order chi connectivity index (χ1) is 7.99. The molecule has 0 unspecified atom stereocenters. The van der Waals surface area contributed by atoms with Gasteiger partial charge in [-0.05, 0) is 31.2 Å². The zero-order valence-corrected chi connectivity index (χ0v) is 9.17. The topological polar surface area (TPSA) is 79.5 Å². The lowest BCUT2D eigenvalue weighted by atomic mass is 10.1. The summed E-state index contributed by atoms with van der Waals surface area (Å²) in [4.78, 5) is 21.5. The van der Waals surface area contributed by atoms with Crippen molar-refractivity contribution in [3.8, 4) is 0 Å². The summed E-state index contributed by atoms with van der Waals surface area (Å²) < 4.78 is 1.64. The molecular weight excluding hydrogens is 222 g/mol. The zero-order chi connectivity index (χ0) is 12.6. The van der Waals surface area contributed by atoms with Crippen LogP contribution in [0.4, 0.5) is 0 Å². The minimum atomic E-state index is -0.990. The van der Waals surface area contributed by atoms with Crippen LogP contribution in [-0.2, 0) is 11.3 Å². The standard InChI is InChI=1S/C12H11NO4/c1-7-4-9-5-8(12(16)17)2-3-10(9)13(7)6-11(14)15/h2-5H,6H2,1H3,(H,14,15)(H,16,17). The lowest BCUT2D eigenvalue weighted by Gasteiger charge is -2.04. The van der Waals surface area contributed by atoms with Gasteiger partial charge < -0.3 is 14.8 Å². The molecule has 5 nitrogen and oxygen atoms in total. The van der Waals surface area contributed by atoms with Gasteiger partial charge in [-0.25, -0.2) is 4.79 Å². The third kappa shape index (κ3) is 1.99. The fourth-order valence-corrected chi connectivity index (χ4v) is 1.89. The summed E-state index contributed by atoms with van der Waals surface area (Å²) in [7, 11) is 0. The summed E-state index contributed by atoms with van der Waals surface area (Å²) in [6, 6.07) is 6.44. The number of nitrogens with zero attached hydrogens (tertiary/aromatic N) is 1. The van der Waals surface area contributed by atoms with E-state index in [1.165, 1.54) is 6.07 Å². The average Bonchev–Trinajstić information content (AvgIpc) is 2.54. The average molecular weight is 233 g/mol. The maximum Gasteiger partial charge on any atom is 0.335 e. The van der Waals surface area contributed by atoms with Gasteiger partial charge in [0.05, 0.1) is 5.56 Å². The summed E-state index contributed by atoms with van der Waals surface area (Å²) in [5, 5.41) is 18.4. The van der Waals surface area contributed by atoms with Crippen LogP contribution in [0.25, 0.3) is 10.9 Å². The third-order valence-electron chi connectivity index (χ3n) is 2.65. The van der Waals surface area contributed by atoms with Crippen molar-refractivity contribution in [3.63, 3.8) is 0 Å². The predicted octanol–water partition coefficient (Wildman–Crippen LogP) is 1.73. The van der Waals surface area contributed by atoms with Crippen molar-refractivity contribution >= 4 is 22.8 Å². The number of fused-ring (bicyclic) bond motifs is 1. The van der Waals surface area contributed by atoms with Gasteiger partial charge in [-0.15, -0.1) is 0 Å². The predicted molar refractivity (Wildman–Crippen MR) is 61.3 cm³/mol. The van der Waals surface area contributed by atoms with Crippen LogP contribution >= 0.6 is 0 Å². The molecule has 1 aromatic carbocycles. The van der Waals surface area contributed by atoms with E-state index in [2.05, 4.69) is 0 Å². The molecule has 2 aromatic rings. The lowest BCUT2D eigenvalue weighted by Crippen LogP contribution is -2.09. The molecule has 0 atom stereocenters. The number of carboxylic acids is 2. The fourth-order valence-electron chi connectivity index (χ4n) is 1.89. The van der Waals surface area contributed by atoms with Crippen molar-refractivity contribution in [1.82, 2.24) is 4.57 Å². The van der Waals surface area contributed by atoms with Crippen molar-refractivity contribution in [2.24, 2.45) is 0 Å². The summed E-state index contributed by atoms with van der Waals surface area (Å²) >= 11 is 0. The summed E-state index contributed by atoms with van der Waals surface area (Å²) in [5.74, 6) is -1.91. The number of aromatic carboxylic acids is 1. The zero-order valence-electron chi connectivity index (χ0n) is 9.17. The Morgan fingerprint density at radius 2 is 1.94 bits per heavy atom. The van der Waals surface area contributed by atoms with Crippen LogP contribution in [0.1, 0.15) is 16.1 Å². The number of aliphatic carboxylic acids is 1. The van der Waals surface area contributed by atoms with E-state index in [1.54, 1.807) is 29.7 Å². The lowest BCUT2D eigenvalue weighted by molar-refractivity contribution is -0.137. The number of benzene rings is 1. The van der Waals surface area contributed by atoms with Crippen molar-refractivity contribution < 1.29 is 19.8 Å². The Labute approximate surface area is 96.9 Å². The fraction of sp³-hybridized carbons (Fsp3) is 0.167. The van der Waals surface area contributed by atoms with Crippen LogP contribution in [0, 0.1) is 6.92 Å². The van der Waals surface area contributed by atoms with Crippen molar-refractivity contribution in [2.75, 3.05) is 0 Å². The van der Waals surface area contributed by atoms with E-state index in [0.29, 0.717) is 0 Å². The molecule has 0 aliphatic rings. The third-order valence-corrected chi connectivity index (χ3v) is 2.65. The van der Waals surface area contributed by atoms with Gasteiger partial charge in [-0.1, -0.05) is 0 Å². The summed E-state index contributed by atoms with van der Waals surface area (Å²) in [6.07, 6.45) is 0. The Balaban J connectivity index is 2.60. The van der Waals surface area contributed by atoms with Crippen LogP contribution in [0.5, 0.6) is 0 Å². The number of hydrogen-bond acceptors (Lipinski definition) is 2. The minimum absolute atomic E-state index is 0.123. The smallest absolute Gasteiger partial charge is 0.335 e. The second-order valence-corrected chi connectivity index (χ2v) is 3.84. The molecular formula is C12H11NO4. The molecule has 2 rings (SSSR count). The Kier molecular flexibility index (Phi) is 2.59. The highest BCUT2D eigenvalue weighted by Crippen LogP contribution is 2.21. The summed E-state index contributed by atoms with van der Waals surface area (Å²) in [5.41, 5.74) is 1.73. The quantitative estimate of drug-likeness (QED) is 0.846. The van der Waals surface area contributed by atoms with E-state index < -0.39 is 11.9 Å². The number of aryl methyl sites for hydroxylation is 1. The molecule has 0 aliphatic carbocycles. The second-order valence-electron chi connectivity index (χ2n) is 3.84. The van der Waals surface area contributed by atoms with Crippen LogP contribution in [-0.4, -0.2) is 26.7 Å². The van der Waals surface area contributed by atoms with Crippen LogP contribution < -0.4 is 0 Å². The van der Waals surface area contributed by atoms with E-state index in [4.69, 9.17) is 10.2 Å². The SMILES string of the molecule is Cc1cc2cc(C(=O)O)ccc2n1CC(=O)O. The highest BCUT2D eigenvalue weighted by molar-refractivity contribution is 5.94. The van der Waals surface area contributed by atoms with Gasteiger partial charge >= 0.3 is 11.9 Å². The van der Waals surface area contributed by atoms with Gasteiger partial charge in [0, 0.05) is 16.6 Å². The van der Waals surface area contributed by atoms with Gasteiger partial charge in [0.15, 0.2) is 0 Å². The molecule has 2 N–H and O–H groups in total. The van der Waals surface area contributed by atoms with Gasteiger partial charge in [0.1, 0.15) is 6.54 Å². The molecule has 0 saturated carbocycles. The van der Waals surface area contributed by atoms with Crippen molar-refractivity contribution in [1.29, 1.82) is 0 Å². The molecule has 0 fully saturated rings. The molecule has 1 aromatic heterocycles. The monoisotopic (exact) mass is 233 g/mol.